The smallest absolute Gasteiger partial charge is 0.310 e. The van der Waals surface area contributed by atoms with Crippen LogP contribution in [0.3, 0.4) is 0 Å². The number of ether oxygens (including phenoxy) is 1. The summed E-state index contributed by atoms with van der Waals surface area (Å²) in [5.41, 5.74) is 5.49. The second-order valence-corrected chi connectivity index (χ2v) is 3.85. The summed E-state index contributed by atoms with van der Waals surface area (Å²) >= 11 is 0. The van der Waals surface area contributed by atoms with Gasteiger partial charge in [-0.15, -0.1) is 0 Å². The van der Waals surface area contributed by atoms with E-state index in [2.05, 4.69) is 0 Å². The van der Waals surface area contributed by atoms with Gasteiger partial charge in [0.1, 0.15) is 0 Å². The lowest BCUT2D eigenvalue weighted by Gasteiger charge is -2.05. The van der Waals surface area contributed by atoms with Crippen LogP contribution in [0.25, 0.3) is 0 Å². The standard InChI is InChI=1S/C12H14N2O5/c1-2-19-12(16)7-9-4-3-8(6-11(13)15)5-10(9)14(17)18/h3-5H,2,6-7H2,1H3,(H2,13,15). The Morgan fingerprint density at radius 3 is 2.58 bits per heavy atom. The predicted octanol–water partition coefficient (Wildman–Crippen LogP) is 0.728. The van der Waals surface area contributed by atoms with E-state index in [9.17, 15) is 19.7 Å². The first kappa shape index (κ1) is 14.6. The van der Waals surface area contributed by atoms with Gasteiger partial charge in [-0.3, -0.25) is 19.7 Å². The third-order valence-electron chi connectivity index (χ3n) is 2.36. The van der Waals surface area contributed by atoms with Crippen molar-refractivity contribution < 1.29 is 19.2 Å². The molecule has 1 rings (SSSR count). The molecule has 0 radical (unpaired) electrons. The molecule has 0 aromatic heterocycles. The first-order chi connectivity index (χ1) is 8.93. The van der Waals surface area contributed by atoms with E-state index in [0.717, 1.165) is 0 Å². The molecule has 102 valence electrons. The van der Waals surface area contributed by atoms with E-state index < -0.39 is 16.8 Å². The minimum Gasteiger partial charge on any atom is -0.466 e. The maximum Gasteiger partial charge on any atom is 0.310 e. The van der Waals surface area contributed by atoms with E-state index >= 15 is 0 Å². The van der Waals surface area contributed by atoms with Crippen LogP contribution in [0.4, 0.5) is 5.69 Å². The molecule has 1 aromatic rings. The van der Waals surface area contributed by atoms with Crippen molar-refractivity contribution in [3.8, 4) is 0 Å². The van der Waals surface area contributed by atoms with Crippen LogP contribution in [0, 0.1) is 10.1 Å². The van der Waals surface area contributed by atoms with Crippen LogP contribution in [0.15, 0.2) is 18.2 Å². The number of primary amides is 1. The summed E-state index contributed by atoms with van der Waals surface area (Å²) in [6, 6.07) is 4.22. The monoisotopic (exact) mass is 266 g/mol. The SMILES string of the molecule is CCOC(=O)Cc1ccc(CC(N)=O)cc1[N+](=O)[O-]. The Balaban J connectivity index is 3.01. The van der Waals surface area contributed by atoms with Crippen LogP contribution in [0.5, 0.6) is 0 Å². The van der Waals surface area contributed by atoms with Crippen molar-refractivity contribution >= 4 is 17.6 Å². The number of nitrogens with two attached hydrogens (primary N) is 1. The molecule has 0 saturated carbocycles. The molecule has 0 aliphatic rings. The Kier molecular flexibility index (Phi) is 4.99. The number of amides is 1. The molecule has 2 N–H and O–H groups in total. The maximum atomic E-state index is 11.3. The molecule has 0 bridgehead atoms. The van der Waals surface area contributed by atoms with Gasteiger partial charge in [-0.05, 0) is 12.5 Å². The lowest BCUT2D eigenvalue weighted by molar-refractivity contribution is -0.385. The molecule has 1 amide bonds. The zero-order chi connectivity index (χ0) is 14.4. The Hall–Kier alpha value is -2.44. The highest BCUT2D eigenvalue weighted by atomic mass is 16.6. The normalized spacial score (nSPS) is 9.95. The van der Waals surface area contributed by atoms with Crippen molar-refractivity contribution in [1.82, 2.24) is 0 Å². The third-order valence-corrected chi connectivity index (χ3v) is 2.36. The van der Waals surface area contributed by atoms with Crippen molar-refractivity contribution in [2.75, 3.05) is 6.61 Å². The van der Waals surface area contributed by atoms with Gasteiger partial charge in [-0.25, -0.2) is 0 Å². The van der Waals surface area contributed by atoms with Crippen LogP contribution in [0.1, 0.15) is 18.1 Å². The Morgan fingerprint density at radius 1 is 1.37 bits per heavy atom. The Bertz CT molecular complexity index is 513. The van der Waals surface area contributed by atoms with Gasteiger partial charge in [0, 0.05) is 11.6 Å². The van der Waals surface area contributed by atoms with Crippen LogP contribution < -0.4 is 5.73 Å². The molecular formula is C12H14N2O5. The number of esters is 1. The minimum atomic E-state index is -0.598. The molecule has 0 fully saturated rings. The van der Waals surface area contributed by atoms with Gasteiger partial charge in [0.05, 0.1) is 24.4 Å². The van der Waals surface area contributed by atoms with Gasteiger partial charge in [0.15, 0.2) is 0 Å². The second-order valence-electron chi connectivity index (χ2n) is 3.85. The number of nitro groups is 1. The molecule has 19 heavy (non-hydrogen) atoms. The number of carbonyl (C=O) groups is 2. The zero-order valence-electron chi connectivity index (χ0n) is 10.4. The van der Waals surface area contributed by atoms with Gasteiger partial charge in [-0.2, -0.15) is 0 Å². The molecule has 0 heterocycles. The zero-order valence-corrected chi connectivity index (χ0v) is 10.4. The highest BCUT2D eigenvalue weighted by Crippen LogP contribution is 2.21. The fraction of sp³-hybridized carbons (Fsp3) is 0.333. The molecule has 0 atom stereocenters. The third kappa shape index (κ3) is 4.38. The predicted molar refractivity (Wildman–Crippen MR) is 66.3 cm³/mol. The number of hydrogen-bond acceptors (Lipinski definition) is 5. The quantitative estimate of drug-likeness (QED) is 0.463. The fourth-order valence-corrected chi connectivity index (χ4v) is 1.61. The molecule has 7 heteroatoms. The topological polar surface area (TPSA) is 113 Å². The average molecular weight is 266 g/mol. The highest BCUT2D eigenvalue weighted by molar-refractivity contribution is 5.77. The molecule has 0 unspecified atom stereocenters. The fourth-order valence-electron chi connectivity index (χ4n) is 1.61. The highest BCUT2D eigenvalue weighted by Gasteiger charge is 2.18. The van der Waals surface area contributed by atoms with Gasteiger partial charge in [-0.1, -0.05) is 12.1 Å². The van der Waals surface area contributed by atoms with Gasteiger partial charge < -0.3 is 10.5 Å². The van der Waals surface area contributed by atoms with Crippen molar-refractivity contribution in [3.63, 3.8) is 0 Å². The number of carbonyl (C=O) groups excluding carboxylic acids is 2. The maximum absolute atomic E-state index is 11.3. The van der Waals surface area contributed by atoms with Crippen molar-refractivity contribution in [3.05, 3.63) is 39.4 Å². The van der Waals surface area contributed by atoms with E-state index in [1.807, 2.05) is 0 Å². The van der Waals surface area contributed by atoms with Crippen molar-refractivity contribution in [1.29, 1.82) is 0 Å². The van der Waals surface area contributed by atoms with E-state index in [1.165, 1.54) is 18.2 Å². The number of nitro benzene ring substituents is 1. The summed E-state index contributed by atoms with van der Waals surface area (Å²) in [6.45, 7) is 1.87. The second kappa shape index (κ2) is 6.48. The lowest BCUT2D eigenvalue weighted by Crippen LogP contribution is -2.14. The van der Waals surface area contributed by atoms with Gasteiger partial charge in [0.2, 0.25) is 5.91 Å². The summed E-state index contributed by atoms with van der Waals surface area (Å²) < 4.78 is 4.74. The van der Waals surface area contributed by atoms with Crippen LogP contribution >= 0.6 is 0 Å². The number of rotatable bonds is 6. The summed E-state index contributed by atoms with van der Waals surface area (Å²) in [4.78, 5) is 32.4. The summed E-state index contributed by atoms with van der Waals surface area (Å²) in [7, 11) is 0. The van der Waals surface area contributed by atoms with E-state index in [1.54, 1.807) is 6.92 Å². The largest absolute Gasteiger partial charge is 0.466 e. The van der Waals surface area contributed by atoms with E-state index in [4.69, 9.17) is 10.5 Å². The van der Waals surface area contributed by atoms with Crippen LogP contribution in [-0.2, 0) is 27.2 Å². The number of hydrogen-bond donors (Lipinski definition) is 1. The molecule has 0 saturated heterocycles. The van der Waals surface area contributed by atoms with E-state index in [0.29, 0.717) is 5.56 Å². The van der Waals surface area contributed by atoms with E-state index in [-0.39, 0.29) is 30.7 Å². The summed E-state index contributed by atoms with van der Waals surface area (Å²) in [5, 5.41) is 10.9. The molecule has 0 aliphatic heterocycles. The minimum absolute atomic E-state index is 0.0828. The summed E-state index contributed by atoms with van der Waals surface area (Å²) in [6.07, 6.45) is -0.262. The molecule has 1 aromatic carbocycles. The van der Waals surface area contributed by atoms with Gasteiger partial charge in [0.25, 0.3) is 5.69 Å². The number of nitrogens with zero attached hydrogens (tertiary/aromatic N) is 1. The van der Waals surface area contributed by atoms with Crippen molar-refractivity contribution in [2.45, 2.75) is 19.8 Å². The first-order valence-corrected chi connectivity index (χ1v) is 5.64. The molecule has 0 aliphatic carbocycles. The first-order valence-electron chi connectivity index (χ1n) is 5.64. The lowest BCUT2D eigenvalue weighted by atomic mass is 10.0. The van der Waals surface area contributed by atoms with Crippen LogP contribution in [0.2, 0.25) is 0 Å². The van der Waals surface area contributed by atoms with Crippen molar-refractivity contribution in [2.24, 2.45) is 5.73 Å². The molecular weight excluding hydrogens is 252 g/mol. The molecule has 0 spiro atoms. The summed E-state index contributed by atoms with van der Waals surface area (Å²) in [5.74, 6) is -1.11. The number of benzene rings is 1. The van der Waals surface area contributed by atoms with Gasteiger partial charge >= 0.3 is 5.97 Å². The molecule has 7 nitrogen and oxygen atoms in total. The van der Waals surface area contributed by atoms with Crippen LogP contribution in [-0.4, -0.2) is 23.4 Å². The Morgan fingerprint density at radius 2 is 2.05 bits per heavy atom. The average Bonchev–Trinajstić information content (AvgIpc) is 2.30. The Labute approximate surface area is 109 Å².